The first-order valence-corrected chi connectivity index (χ1v) is 3.92. The van der Waals surface area contributed by atoms with Gasteiger partial charge in [-0.3, -0.25) is 4.79 Å². The van der Waals surface area contributed by atoms with Crippen LogP contribution in [0.5, 0.6) is 0 Å². The normalized spacial score (nSPS) is 9.73. The van der Waals surface area contributed by atoms with Gasteiger partial charge in [-0.15, -0.1) is 0 Å². The third-order valence-electron chi connectivity index (χ3n) is 1.14. The Morgan fingerprint density at radius 3 is 2.64 bits per heavy atom. The molecule has 1 aromatic rings. The highest BCUT2D eigenvalue weighted by Crippen LogP contribution is 2.25. The molecule has 0 atom stereocenters. The van der Waals surface area contributed by atoms with Crippen LogP contribution in [0.25, 0.3) is 0 Å². The molecule has 0 aliphatic carbocycles. The van der Waals surface area contributed by atoms with Crippen LogP contribution >= 0.6 is 27.5 Å². The van der Waals surface area contributed by atoms with E-state index >= 15 is 0 Å². The summed E-state index contributed by atoms with van der Waals surface area (Å²) in [5.41, 5.74) is 0.263. The Hall–Kier alpha value is -0.410. The van der Waals surface area contributed by atoms with Crippen molar-refractivity contribution in [3.63, 3.8) is 0 Å². The molecule has 0 amide bonds. The number of carbonyl (C=O) groups excluding carboxylic acids is 1. The number of aldehydes is 1. The molecule has 58 valence electrons. The largest absolute Gasteiger partial charge is 0.298 e. The predicted molar refractivity (Wildman–Crippen MR) is 44.5 cm³/mol. The average molecular weight is 237 g/mol. The highest BCUT2D eigenvalue weighted by molar-refractivity contribution is 9.10. The van der Waals surface area contributed by atoms with Crippen LogP contribution in [0.4, 0.5) is 4.39 Å². The molecule has 0 N–H and O–H groups in total. The Bertz CT molecular complexity index is 277. The zero-order chi connectivity index (χ0) is 8.43. The van der Waals surface area contributed by atoms with Crippen LogP contribution in [-0.2, 0) is 0 Å². The van der Waals surface area contributed by atoms with Gasteiger partial charge in [0.15, 0.2) is 0 Å². The van der Waals surface area contributed by atoms with Crippen LogP contribution in [-0.4, -0.2) is 6.29 Å². The van der Waals surface area contributed by atoms with Crippen molar-refractivity contribution in [3.05, 3.63) is 33.0 Å². The molecule has 1 aromatic carbocycles. The van der Waals surface area contributed by atoms with Gasteiger partial charge in [0.1, 0.15) is 12.1 Å². The quantitative estimate of drug-likeness (QED) is 0.542. The smallest absolute Gasteiger partial charge is 0.150 e. The standard InChI is InChI=1S/C7H3BrClFO/c8-5-1-4(3-11)2-6(10)7(5)9/h1-3H. The first kappa shape index (κ1) is 8.68. The molecule has 0 heterocycles. The number of halogens is 3. The predicted octanol–water partition coefficient (Wildman–Crippen LogP) is 3.05. The minimum absolute atomic E-state index is 0.00407. The Kier molecular flexibility index (Phi) is 2.62. The molecule has 0 unspecified atom stereocenters. The second-order valence-corrected chi connectivity index (χ2v) is 3.15. The van der Waals surface area contributed by atoms with E-state index in [1.165, 1.54) is 6.07 Å². The van der Waals surface area contributed by atoms with Gasteiger partial charge in [0.05, 0.1) is 5.02 Å². The number of carbonyl (C=O) groups is 1. The van der Waals surface area contributed by atoms with E-state index in [9.17, 15) is 9.18 Å². The summed E-state index contributed by atoms with van der Waals surface area (Å²) in [7, 11) is 0. The van der Waals surface area contributed by atoms with Crippen molar-refractivity contribution in [3.8, 4) is 0 Å². The van der Waals surface area contributed by atoms with Gasteiger partial charge in [0.2, 0.25) is 0 Å². The molecule has 0 aliphatic heterocycles. The maximum Gasteiger partial charge on any atom is 0.150 e. The maximum absolute atomic E-state index is 12.7. The van der Waals surface area contributed by atoms with E-state index < -0.39 is 5.82 Å². The van der Waals surface area contributed by atoms with Crippen LogP contribution in [0, 0.1) is 5.82 Å². The fourth-order valence-corrected chi connectivity index (χ4v) is 1.21. The zero-order valence-corrected chi connectivity index (χ0v) is 7.62. The molecule has 0 spiro atoms. The fraction of sp³-hybridized carbons (Fsp3) is 0. The van der Waals surface area contributed by atoms with E-state index in [0.29, 0.717) is 10.8 Å². The van der Waals surface area contributed by atoms with Gasteiger partial charge in [0, 0.05) is 10.0 Å². The van der Waals surface area contributed by atoms with Crippen LogP contribution in [0.15, 0.2) is 16.6 Å². The summed E-state index contributed by atoms with van der Waals surface area (Å²) in [6.07, 6.45) is 0.560. The summed E-state index contributed by atoms with van der Waals surface area (Å²) in [5.74, 6) is -0.594. The Morgan fingerprint density at radius 2 is 2.18 bits per heavy atom. The van der Waals surface area contributed by atoms with Crippen LogP contribution < -0.4 is 0 Å². The Balaban J connectivity index is 3.31. The highest BCUT2D eigenvalue weighted by Gasteiger charge is 2.05. The lowest BCUT2D eigenvalue weighted by Gasteiger charge is -1.97. The second kappa shape index (κ2) is 3.32. The average Bonchev–Trinajstić information content (AvgIpc) is 1.99. The number of hydrogen-bond donors (Lipinski definition) is 0. The van der Waals surface area contributed by atoms with Gasteiger partial charge in [0.25, 0.3) is 0 Å². The molecule has 0 fully saturated rings. The lowest BCUT2D eigenvalue weighted by molar-refractivity contribution is 0.112. The van der Waals surface area contributed by atoms with Gasteiger partial charge in [-0.25, -0.2) is 4.39 Å². The lowest BCUT2D eigenvalue weighted by atomic mass is 10.2. The monoisotopic (exact) mass is 236 g/mol. The van der Waals surface area contributed by atoms with E-state index in [2.05, 4.69) is 15.9 Å². The van der Waals surface area contributed by atoms with Gasteiger partial charge in [-0.1, -0.05) is 11.6 Å². The third-order valence-corrected chi connectivity index (χ3v) is 2.38. The molecule has 0 saturated heterocycles. The van der Waals surface area contributed by atoms with Crippen molar-refractivity contribution in [1.29, 1.82) is 0 Å². The van der Waals surface area contributed by atoms with E-state index in [0.717, 1.165) is 6.07 Å². The molecule has 1 nitrogen and oxygen atoms in total. The van der Waals surface area contributed by atoms with Gasteiger partial charge in [-0.2, -0.15) is 0 Å². The first-order valence-electron chi connectivity index (χ1n) is 2.75. The van der Waals surface area contributed by atoms with Gasteiger partial charge >= 0.3 is 0 Å². The molecule has 0 aromatic heterocycles. The minimum atomic E-state index is -0.594. The molecule has 0 radical (unpaired) electrons. The summed E-state index contributed by atoms with van der Waals surface area (Å²) in [5, 5.41) is -0.00407. The Labute approximate surface area is 76.3 Å². The molecular formula is C7H3BrClFO. The number of benzene rings is 1. The van der Waals surface area contributed by atoms with E-state index in [1.807, 2.05) is 0 Å². The van der Waals surface area contributed by atoms with E-state index in [-0.39, 0.29) is 10.6 Å². The zero-order valence-electron chi connectivity index (χ0n) is 5.27. The Morgan fingerprint density at radius 1 is 1.55 bits per heavy atom. The molecule has 4 heteroatoms. The summed E-state index contributed by atoms with van der Waals surface area (Å²) >= 11 is 8.48. The first-order chi connectivity index (χ1) is 5.15. The van der Waals surface area contributed by atoms with Crippen molar-refractivity contribution in [1.82, 2.24) is 0 Å². The van der Waals surface area contributed by atoms with Crippen LogP contribution in [0.3, 0.4) is 0 Å². The van der Waals surface area contributed by atoms with Crippen molar-refractivity contribution in [2.45, 2.75) is 0 Å². The fourth-order valence-electron chi connectivity index (χ4n) is 0.643. The third kappa shape index (κ3) is 1.79. The van der Waals surface area contributed by atoms with Crippen LogP contribution in [0.2, 0.25) is 5.02 Å². The van der Waals surface area contributed by atoms with Crippen LogP contribution in [0.1, 0.15) is 10.4 Å². The van der Waals surface area contributed by atoms with Crippen molar-refractivity contribution in [2.75, 3.05) is 0 Å². The lowest BCUT2D eigenvalue weighted by Crippen LogP contribution is -1.84. The summed E-state index contributed by atoms with van der Waals surface area (Å²) in [4.78, 5) is 10.2. The maximum atomic E-state index is 12.7. The molecule has 11 heavy (non-hydrogen) atoms. The van der Waals surface area contributed by atoms with Crippen molar-refractivity contribution >= 4 is 33.8 Å². The molecule has 1 rings (SSSR count). The van der Waals surface area contributed by atoms with Gasteiger partial charge in [-0.05, 0) is 28.1 Å². The van der Waals surface area contributed by atoms with E-state index in [4.69, 9.17) is 11.6 Å². The van der Waals surface area contributed by atoms with Crippen molar-refractivity contribution in [2.24, 2.45) is 0 Å². The SMILES string of the molecule is O=Cc1cc(F)c(Cl)c(Br)c1. The molecule has 0 aliphatic rings. The minimum Gasteiger partial charge on any atom is -0.298 e. The second-order valence-electron chi connectivity index (χ2n) is 1.92. The molecule has 0 saturated carbocycles. The molecule has 0 bridgehead atoms. The van der Waals surface area contributed by atoms with E-state index in [1.54, 1.807) is 0 Å². The highest BCUT2D eigenvalue weighted by atomic mass is 79.9. The topological polar surface area (TPSA) is 17.1 Å². The number of rotatable bonds is 1. The summed E-state index contributed by atoms with van der Waals surface area (Å²) in [6.45, 7) is 0. The summed E-state index contributed by atoms with van der Waals surface area (Å²) in [6, 6.07) is 2.54. The number of hydrogen-bond acceptors (Lipinski definition) is 1. The van der Waals surface area contributed by atoms with Crippen molar-refractivity contribution < 1.29 is 9.18 Å². The summed E-state index contributed by atoms with van der Waals surface area (Å²) < 4.78 is 13.1. The van der Waals surface area contributed by atoms with Gasteiger partial charge < -0.3 is 0 Å². The molecular weight excluding hydrogens is 234 g/mol.